The van der Waals surface area contributed by atoms with Crippen molar-refractivity contribution in [3.8, 4) is 0 Å². The molecule has 0 saturated carbocycles. The molecule has 3 aromatic rings. The fraction of sp³-hybridized carbons (Fsp3) is 0.143. The van der Waals surface area contributed by atoms with Crippen molar-refractivity contribution in [2.24, 2.45) is 0 Å². The number of halogens is 2. The van der Waals surface area contributed by atoms with Crippen molar-refractivity contribution < 1.29 is 0 Å². The largest absolute Gasteiger partial charge is 0.383 e. The van der Waals surface area contributed by atoms with Gasteiger partial charge in [0, 0.05) is 11.3 Å². The van der Waals surface area contributed by atoms with Crippen molar-refractivity contribution in [1.29, 1.82) is 0 Å². The maximum absolute atomic E-state index is 6.06. The molecule has 108 valence electrons. The summed E-state index contributed by atoms with van der Waals surface area (Å²) >= 11 is 13.6. The van der Waals surface area contributed by atoms with Crippen LogP contribution in [0.5, 0.6) is 0 Å². The molecule has 2 aromatic heterocycles. The molecule has 7 heteroatoms. The summed E-state index contributed by atoms with van der Waals surface area (Å²) in [5.74, 6) is 0.619. The highest BCUT2D eigenvalue weighted by Crippen LogP contribution is 2.35. The Bertz CT molecular complexity index is 845. The van der Waals surface area contributed by atoms with Gasteiger partial charge in [0.1, 0.15) is 10.6 Å². The van der Waals surface area contributed by atoms with Crippen molar-refractivity contribution >= 4 is 56.5 Å². The average molecular weight is 339 g/mol. The highest BCUT2D eigenvalue weighted by Gasteiger charge is 2.14. The number of aryl methyl sites for hydroxylation is 1. The van der Waals surface area contributed by atoms with Gasteiger partial charge in [-0.15, -0.1) is 11.3 Å². The number of benzene rings is 1. The molecule has 0 spiro atoms. The van der Waals surface area contributed by atoms with E-state index in [1.807, 2.05) is 19.1 Å². The third-order valence-corrected chi connectivity index (χ3v) is 5.21. The molecule has 0 unspecified atom stereocenters. The topological polar surface area (TPSA) is 77.8 Å². The van der Waals surface area contributed by atoms with Crippen LogP contribution >= 0.6 is 34.5 Å². The first-order chi connectivity index (χ1) is 9.95. The minimum absolute atomic E-state index is 0.197. The van der Waals surface area contributed by atoms with Crippen LogP contribution < -0.4 is 11.5 Å². The smallest absolute Gasteiger partial charge is 0.223 e. The average Bonchev–Trinajstić information content (AvgIpc) is 2.70. The third kappa shape index (κ3) is 2.64. The number of thiophene rings is 1. The fourth-order valence-electron chi connectivity index (χ4n) is 2.24. The first-order valence-electron chi connectivity index (χ1n) is 6.20. The summed E-state index contributed by atoms with van der Waals surface area (Å²) in [4.78, 5) is 10.2. The Morgan fingerprint density at radius 2 is 1.90 bits per heavy atom. The summed E-state index contributed by atoms with van der Waals surface area (Å²) in [6, 6.07) is 5.63. The van der Waals surface area contributed by atoms with E-state index in [0.717, 1.165) is 32.6 Å². The lowest BCUT2D eigenvalue weighted by atomic mass is 10.1. The molecule has 1 aromatic carbocycles. The van der Waals surface area contributed by atoms with Crippen molar-refractivity contribution in [2.75, 3.05) is 11.5 Å². The Hall–Kier alpha value is -1.56. The number of nitrogen functional groups attached to an aromatic ring is 2. The molecule has 0 radical (unpaired) electrons. The lowest BCUT2D eigenvalue weighted by molar-refractivity contribution is 1.21. The number of anilines is 2. The van der Waals surface area contributed by atoms with Crippen LogP contribution in [0.1, 0.15) is 16.0 Å². The number of aromatic nitrogens is 2. The summed E-state index contributed by atoms with van der Waals surface area (Å²) in [7, 11) is 0. The Morgan fingerprint density at radius 1 is 1.14 bits per heavy atom. The zero-order valence-corrected chi connectivity index (χ0v) is 13.5. The van der Waals surface area contributed by atoms with Gasteiger partial charge in [-0.1, -0.05) is 29.3 Å². The predicted octanol–water partition coefficient (Wildman–Crippen LogP) is 4.06. The first kappa shape index (κ1) is 14.4. The first-order valence-corrected chi connectivity index (χ1v) is 7.78. The van der Waals surface area contributed by atoms with Crippen LogP contribution in [0.25, 0.3) is 10.2 Å². The lowest BCUT2D eigenvalue weighted by Crippen LogP contribution is -1.99. The Labute approximate surface area is 135 Å². The molecular weight excluding hydrogens is 327 g/mol. The van der Waals surface area contributed by atoms with Gasteiger partial charge in [0.15, 0.2) is 0 Å². The van der Waals surface area contributed by atoms with Crippen LogP contribution in [0.3, 0.4) is 0 Å². The van der Waals surface area contributed by atoms with E-state index in [0.29, 0.717) is 15.9 Å². The van der Waals surface area contributed by atoms with Crippen LogP contribution in [0.4, 0.5) is 11.8 Å². The van der Waals surface area contributed by atoms with Crippen molar-refractivity contribution in [3.05, 3.63) is 44.2 Å². The van der Waals surface area contributed by atoms with E-state index in [1.165, 1.54) is 0 Å². The normalized spacial score (nSPS) is 11.2. The second kappa shape index (κ2) is 5.33. The van der Waals surface area contributed by atoms with Gasteiger partial charge >= 0.3 is 0 Å². The maximum Gasteiger partial charge on any atom is 0.223 e. The number of nitrogens with zero attached hydrogens (tertiary/aromatic N) is 2. The molecule has 4 N–H and O–H groups in total. The van der Waals surface area contributed by atoms with Crippen molar-refractivity contribution in [3.63, 3.8) is 0 Å². The van der Waals surface area contributed by atoms with E-state index in [2.05, 4.69) is 9.97 Å². The Kier molecular flexibility index (Phi) is 3.65. The molecule has 2 heterocycles. The van der Waals surface area contributed by atoms with Crippen LogP contribution in [0, 0.1) is 6.92 Å². The van der Waals surface area contributed by atoms with E-state index in [9.17, 15) is 0 Å². The zero-order valence-electron chi connectivity index (χ0n) is 11.2. The van der Waals surface area contributed by atoms with E-state index in [4.69, 9.17) is 34.7 Å². The third-order valence-electron chi connectivity index (χ3n) is 3.28. The van der Waals surface area contributed by atoms with Gasteiger partial charge in [-0.25, -0.2) is 4.98 Å². The summed E-state index contributed by atoms with van der Waals surface area (Å²) in [6.07, 6.45) is 0.739. The van der Waals surface area contributed by atoms with Crippen LogP contribution in [-0.4, -0.2) is 9.97 Å². The second-order valence-electron chi connectivity index (χ2n) is 4.72. The van der Waals surface area contributed by atoms with Gasteiger partial charge in [0.05, 0.1) is 15.4 Å². The standard InChI is InChI=1S/C14H12Cl2N4S/c1-6-10(5-7-2-3-8(15)9(16)4-7)21-13-11(6)12(17)19-14(18)20-13/h2-4H,5H2,1H3,(H4,17,18,19,20). The maximum atomic E-state index is 6.06. The summed E-state index contributed by atoms with van der Waals surface area (Å²) in [6.45, 7) is 2.02. The fourth-order valence-corrected chi connectivity index (χ4v) is 3.78. The molecule has 0 saturated heterocycles. The molecule has 0 bridgehead atoms. The predicted molar refractivity (Wildman–Crippen MR) is 90.2 cm³/mol. The van der Waals surface area contributed by atoms with Crippen LogP contribution in [0.2, 0.25) is 10.0 Å². The molecule has 0 aliphatic heterocycles. The molecule has 21 heavy (non-hydrogen) atoms. The number of hydrogen-bond donors (Lipinski definition) is 2. The van der Waals surface area contributed by atoms with Gasteiger partial charge in [-0.2, -0.15) is 4.98 Å². The van der Waals surface area contributed by atoms with Crippen molar-refractivity contribution in [1.82, 2.24) is 9.97 Å². The molecule has 4 nitrogen and oxygen atoms in total. The highest BCUT2D eigenvalue weighted by atomic mass is 35.5. The molecular formula is C14H12Cl2N4S. The summed E-state index contributed by atoms with van der Waals surface area (Å²) in [5, 5.41) is 1.98. The number of nitrogens with two attached hydrogens (primary N) is 2. The van der Waals surface area contributed by atoms with Gasteiger partial charge in [-0.05, 0) is 30.2 Å². The lowest BCUT2D eigenvalue weighted by Gasteiger charge is -2.03. The SMILES string of the molecule is Cc1c(Cc2ccc(Cl)c(Cl)c2)sc2nc(N)nc(N)c12. The zero-order chi connectivity index (χ0) is 15.1. The minimum atomic E-state index is 0.197. The van der Waals surface area contributed by atoms with Gasteiger partial charge in [-0.3, -0.25) is 0 Å². The second-order valence-corrected chi connectivity index (χ2v) is 6.62. The molecule has 3 rings (SSSR count). The Balaban J connectivity index is 2.06. The van der Waals surface area contributed by atoms with Gasteiger partial charge in [0.2, 0.25) is 5.95 Å². The summed E-state index contributed by atoms with van der Waals surface area (Å²) in [5.41, 5.74) is 13.8. The van der Waals surface area contributed by atoms with Crippen molar-refractivity contribution in [2.45, 2.75) is 13.3 Å². The van der Waals surface area contributed by atoms with Crippen LogP contribution in [-0.2, 0) is 6.42 Å². The molecule has 0 fully saturated rings. The molecule has 0 aliphatic carbocycles. The Morgan fingerprint density at radius 3 is 2.62 bits per heavy atom. The molecule has 0 amide bonds. The highest BCUT2D eigenvalue weighted by molar-refractivity contribution is 7.19. The number of fused-ring (bicyclic) bond motifs is 1. The van der Waals surface area contributed by atoms with Crippen LogP contribution in [0.15, 0.2) is 18.2 Å². The number of hydrogen-bond acceptors (Lipinski definition) is 5. The minimum Gasteiger partial charge on any atom is -0.383 e. The monoisotopic (exact) mass is 338 g/mol. The van der Waals surface area contributed by atoms with E-state index in [-0.39, 0.29) is 5.95 Å². The quantitative estimate of drug-likeness (QED) is 0.738. The van der Waals surface area contributed by atoms with E-state index in [1.54, 1.807) is 17.4 Å². The summed E-state index contributed by atoms with van der Waals surface area (Å²) < 4.78 is 0. The van der Waals surface area contributed by atoms with Gasteiger partial charge in [0.25, 0.3) is 0 Å². The van der Waals surface area contributed by atoms with E-state index >= 15 is 0 Å². The molecule has 0 atom stereocenters. The number of rotatable bonds is 2. The molecule has 0 aliphatic rings. The van der Waals surface area contributed by atoms with Gasteiger partial charge < -0.3 is 11.5 Å². The van der Waals surface area contributed by atoms with E-state index < -0.39 is 0 Å².